The van der Waals surface area contributed by atoms with Crippen molar-refractivity contribution < 1.29 is 9.53 Å². The van der Waals surface area contributed by atoms with Crippen LogP contribution < -0.4 is 11.1 Å². The van der Waals surface area contributed by atoms with Crippen LogP contribution in [0.15, 0.2) is 24.3 Å². The van der Waals surface area contributed by atoms with Gasteiger partial charge in [0.2, 0.25) is 5.91 Å². The van der Waals surface area contributed by atoms with Gasteiger partial charge in [-0.05, 0) is 37.3 Å². The minimum Gasteiger partial charge on any atom is -0.377 e. The van der Waals surface area contributed by atoms with Crippen LogP contribution in [0.5, 0.6) is 0 Å². The van der Waals surface area contributed by atoms with Crippen LogP contribution in [-0.4, -0.2) is 18.6 Å². The van der Waals surface area contributed by atoms with Gasteiger partial charge in [0.1, 0.15) is 0 Å². The number of rotatable bonds is 6. The molecule has 4 nitrogen and oxygen atoms in total. The van der Waals surface area contributed by atoms with Crippen LogP contribution in [0.2, 0.25) is 0 Å². The summed E-state index contributed by atoms with van der Waals surface area (Å²) >= 11 is 0. The molecule has 2 rings (SSSR count). The summed E-state index contributed by atoms with van der Waals surface area (Å²) in [5.41, 5.74) is 8.22. The number of nitrogens with one attached hydrogen (secondary N) is 1. The summed E-state index contributed by atoms with van der Waals surface area (Å²) in [5, 5.41) is 3.06. The Labute approximate surface area is 139 Å². The predicted octanol–water partition coefficient (Wildman–Crippen LogP) is 2.78. The lowest BCUT2D eigenvalue weighted by atomic mass is 9.85. The third-order valence-corrected chi connectivity index (χ3v) is 4.12. The van der Waals surface area contributed by atoms with E-state index >= 15 is 0 Å². The SMILES string of the molecule is CCOCc1ccccc1CNC(=O)C1CCCC(N)C1.Cl. The molecule has 0 aliphatic heterocycles. The quantitative estimate of drug-likeness (QED) is 0.845. The molecule has 2 unspecified atom stereocenters. The molecule has 1 fully saturated rings. The number of hydrogen-bond acceptors (Lipinski definition) is 3. The number of ether oxygens (including phenoxy) is 1. The second-order valence-corrected chi connectivity index (χ2v) is 5.75. The minimum atomic E-state index is 0. The predicted molar refractivity (Wildman–Crippen MR) is 90.8 cm³/mol. The molecule has 1 aromatic carbocycles. The fourth-order valence-corrected chi connectivity index (χ4v) is 2.88. The summed E-state index contributed by atoms with van der Waals surface area (Å²) in [6, 6.07) is 8.27. The molecule has 3 N–H and O–H groups in total. The van der Waals surface area contributed by atoms with E-state index in [0.717, 1.165) is 36.8 Å². The molecular weight excluding hydrogens is 300 g/mol. The first-order valence-corrected chi connectivity index (χ1v) is 7.88. The highest BCUT2D eigenvalue weighted by molar-refractivity contribution is 5.85. The summed E-state index contributed by atoms with van der Waals surface area (Å²) in [6.45, 7) is 3.84. The molecule has 124 valence electrons. The number of carbonyl (C=O) groups excluding carboxylic acids is 1. The number of amides is 1. The van der Waals surface area contributed by atoms with Crippen LogP contribution in [0.4, 0.5) is 0 Å². The average molecular weight is 327 g/mol. The van der Waals surface area contributed by atoms with Gasteiger partial charge >= 0.3 is 0 Å². The molecule has 1 amide bonds. The molecule has 2 atom stereocenters. The van der Waals surface area contributed by atoms with Crippen molar-refractivity contribution in [1.29, 1.82) is 0 Å². The molecule has 0 radical (unpaired) electrons. The average Bonchev–Trinajstić information content (AvgIpc) is 2.51. The van der Waals surface area contributed by atoms with E-state index in [2.05, 4.69) is 5.32 Å². The molecule has 1 aromatic rings. The van der Waals surface area contributed by atoms with Crippen molar-refractivity contribution in [1.82, 2.24) is 5.32 Å². The Morgan fingerprint density at radius 1 is 1.32 bits per heavy atom. The van der Waals surface area contributed by atoms with Gasteiger partial charge in [-0.3, -0.25) is 4.79 Å². The highest BCUT2D eigenvalue weighted by Crippen LogP contribution is 2.23. The highest BCUT2D eigenvalue weighted by Gasteiger charge is 2.25. The van der Waals surface area contributed by atoms with Gasteiger partial charge < -0.3 is 15.8 Å². The number of nitrogens with two attached hydrogens (primary N) is 1. The molecule has 22 heavy (non-hydrogen) atoms. The van der Waals surface area contributed by atoms with Crippen molar-refractivity contribution in [3.05, 3.63) is 35.4 Å². The lowest BCUT2D eigenvalue weighted by molar-refractivity contribution is -0.126. The van der Waals surface area contributed by atoms with Gasteiger partial charge in [0, 0.05) is 25.1 Å². The third-order valence-electron chi connectivity index (χ3n) is 4.12. The summed E-state index contributed by atoms with van der Waals surface area (Å²) in [5.74, 6) is 0.212. The lowest BCUT2D eigenvalue weighted by Gasteiger charge is -2.25. The van der Waals surface area contributed by atoms with Crippen LogP contribution in [0.3, 0.4) is 0 Å². The van der Waals surface area contributed by atoms with Crippen LogP contribution in [0.25, 0.3) is 0 Å². The van der Waals surface area contributed by atoms with Gasteiger partial charge in [0.15, 0.2) is 0 Å². The van der Waals surface area contributed by atoms with E-state index in [9.17, 15) is 4.79 Å². The third kappa shape index (κ3) is 5.59. The monoisotopic (exact) mass is 326 g/mol. The molecular formula is C17H27ClN2O2. The molecule has 5 heteroatoms. The van der Waals surface area contributed by atoms with Gasteiger partial charge in [-0.2, -0.15) is 0 Å². The largest absolute Gasteiger partial charge is 0.377 e. The molecule has 0 spiro atoms. The Hall–Kier alpha value is -1.10. The zero-order valence-electron chi connectivity index (χ0n) is 13.2. The van der Waals surface area contributed by atoms with Crippen molar-refractivity contribution in [2.45, 2.75) is 51.8 Å². The Bertz CT molecular complexity index is 468. The van der Waals surface area contributed by atoms with Crippen LogP contribution in [0.1, 0.15) is 43.7 Å². The summed E-state index contributed by atoms with van der Waals surface area (Å²) in [7, 11) is 0. The van der Waals surface area contributed by atoms with Gasteiger partial charge in [-0.1, -0.05) is 30.7 Å². The number of hydrogen-bond donors (Lipinski definition) is 2. The smallest absolute Gasteiger partial charge is 0.223 e. The minimum absolute atomic E-state index is 0. The number of halogens is 1. The zero-order chi connectivity index (χ0) is 15.1. The van der Waals surface area contributed by atoms with E-state index in [4.69, 9.17) is 10.5 Å². The van der Waals surface area contributed by atoms with Crippen LogP contribution in [-0.2, 0) is 22.7 Å². The van der Waals surface area contributed by atoms with Gasteiger partial charge in [0.25, 0.3) is 0 Å². The molecule has 1 aliphatic rings. The first-order chi connectivity index (χ1) is 10.2. The second kappa shape index (κ2) is 9.82. The van der Waals surface area contributed by atoms with Gasteiger partial charge in [-0.25, -0.2) is 0 Å². The molecule has 0 aromatic heterocycles. The van der Waals surface area contributed by atoms with Gasteiger partial charge in [0.05, 0.1) is 6.61 Å². The topological polar surface area (TPSA) is 64.3 Å². The molecule has 0 saturated heterocycles. The van der Waals surface area contributed by atoms with Crippen molar-refractivity contribution in [2.75, 3.05) is 6.61 Å². The summed E-state index contributed by atoms with van der Waals surface area (Å²) in [6.07, 6.45) is 3.87. The number of carbonyl (C=O) groups is 1. The van der Waals surface area contributed by atoms with E-state index in [1.54, 1.807) is 0 Å². The molecule has 0 heterocycles. The fraction of sp³-hybridized carbons (Fsp3) is 0.588. The molecule has 1 saturated carbocycles. The van der Waals surface area contributed by atoms with E-state index < -0.39 is 0 Å². The summed E-state index contributed by atoms with van der Waals surface area (Å²) < 4.78 is 5.47. The van der Waals surface area contributed by atoms with E-state index in [1.165, 1.54) is 0 Å². The van der Waals surface area contributed by atoms with Crippen molar-refractivity contribution in [2.24, 2.45) is 11.7 Å². The van der Waals surface area contributed by atoms with Crippen LogP contribution in [0, 0.1) is 5.92 Å². The first kappa shape index (κ1) is 18.9. The maximum atomic E-state index is 12.2. The van der Waals surface area contributed by atoms with Crippen molar-refractivity contribution >= 4 is 18.3 Å². The Kier molecular flexibility index (Phi) is 8.46. The summed E-state index contributed by atoms with van der Waals surface area (Å²) in [4.78, 5) is 12.2. The standard InChI is InChI=1S/C17H26N2O2.ClH/c1-2-21-12-15-7-4-3-6-14(15)11-19-17(20)13-8-5-9-16(18)10-13;/h3-4,6-7,13,16H,2,5,8-12,18H2,1H3,(H,19,20);1H. The van der Waals surface area contributed by atoms with Crippen molar-refractivity contribution in [3.63, 3.8) is 0 Å². The van der Waals surface area contributed by atoms with E-state index in [1.807, 2.05) is 31.2 Å². The zero-order valence-corrected chi connectivity index (χ0v) is 14.0. The Morgan fingerprint density at radius 3 is 2.73 bits per heavy atom. The van der Waals surface area contributed by atoms with Gasteiger partial charge in [-0.15, -0.1) is 12.4 Å². The highest BCUT2D eigenvalue weighted by atomic mass is 35.5. The molecule has 1 aliphatic carbocycles. The Morgan fingerprint density at radius 2 is 2.05 bits per heavy atom. The van der Waals surface area contributed by atoms with Crippen molar-refractivity contribution in [3.8, 4) is 0 Å². The lowest BCUT2D eigenvalue weighted by Crippen LogP contribution is -2.37. The Balaban J connectivity index is 0.00000242. The fourth-order valence-electron chi connectivity index (χ4n) is 2.88. The van der Waals surface area contributed by atoms with E-state index in [-0.39, 0.29) is 30.3 Å². The molecule has 0 bridgehead atoms. The first-order valence-electron chi connectivity index (χ1n) is 7.88. The van der Waals surface area contributed by atoms with E-state index in [0.29, 0.717) is 19.8 Å². The normalized spacial score (nSPS) is 21.0. The number of benzene rings is 1. The maximum Gasteiger partial charge on any atom is 0.223 e. The second-order valence-electron chi connectivity index (χ2n) is 5.75. The van der Waals surface area contributed by atoms with Crippen LogP contribution >= 0.6 is 12.4 Å². The maximum absolute atomic E-state index is 12.2.